The predicted octanol–water partition coefficient (Wildman–Crippen LogP) is 12.5. The Morgan fingerprint density at radius 3 is 2.16 bits per heavy atom. The van der Waals surface area contributed by atoms with Gasteiger partial charge in [0.25, 0.3) is 0 Å². The molecule has 0 aromatic carbocycles. The molecule has 0 bridgehead atoms. The SMILES string of the molecule is C=C1C(=CC=C2CCC[C@]3(C)C(CC)=CC[C@@H]23)C[C@@](OCC(=O)OC2(CC)CCCCC2)(O[Si](C)(C)C(C)(C)C)C[C@@H]1O[Si](C)(C)C(C)(C)C. The van der Waals surface area contributed by atoms with Crippen molar-refractivity contribution >= 4 is 22.6 Å². The van der Waals surface area contributed by atoms with Crippen LogP contribution >= 0.6 is 0 Å². The fourth-order valence-electron chi connectivity index (χ4n) is 8.58. The van der Waals surface area contributed by atoms with Crippen LogP contribution in [-0.4, -0.2) is 46.7 Å². The first-order chi connectivity index (χ1) is 23.0. The minimum atomic E-state index is -2.37. The van der Waals surface area contributed by atoms with E-state index in [2.05, 4.69) is 107 Å². The smallest absolute Gasteiger partial charge is 0.332 e. The lowest BCUT2D eigenvalue weighted by Crippen LogP contribution is -2.56. The summed E-state index contributed by atoms with van der Waals surface area (Å²) in [6.07, 6.45) is 20.0. The molecule has 3 fully saturated rings. The summed E-state index contributed by atoms with van der Waals surface area (Å²) in [6.45, 7) is 34.4. The summed E-state index contributed by atoms with van der Waals surface area (Å²) in [5.74, 6) is -0.755. The summed E-state index contributed by atoms with van der Waals surface area (Å²) < 4.78 is 27.7. The minimum absolute atomic E-state index is 0.0255. The van der Waals surface area contributed by atoms with Gasteiger partial charge in [-0.3, -0.25) is 0 Å². The molecule has 0 spiro atoms. The second-order valence-corrected chi connectivity index (χ2v) is 29.0. The van der Waals surface area contributed by atoms with Crippen LogP contribution in [0.1, 0.15) is 146 Å². The molecule has 50 heavy (non-hydrogen) atoms. The molecule has 5 nitrogen and oxygen atoms in total. The van der Waals surface area contributed by atoms with Crippen molar-refractivity contribution in [3.05, 3.63) is 47.1 Å². The van der Waals surface area contributed by atoms with Crippen LogP contribution in [0.5, 0.6) is 0 Å². The first-order valence-electron chi connectivity index (χ1n) is 20.0. The Hall–Kier alpha value is -1.26. The Morgan fingerprint density at radius 2 is 1.58 bits per heavy atom. The Bertz CT molecular complexity index is 1340. The molecule has 0 radical (unpaired) electrons. The Kier molecular flexibility index (Phi) is 12.6. The van der Waals surface area contributed by atoms with Gasteiger partial charge in [0.05, 0.1) is 6.10 Å². The van der Waals surface area contributed by atoms with E-state index >= 15 is 0 Å². The molecule has 3 saturated carbocycles. The van der Waals surface area contributed by atoms with Gasteiger partial charge in [0.2, 0.25) is 0 Å². The number of rotatable bonds is 11. The van der Waals surface area contributed by atoms with Crippen LogP contribution in [0.3, 0.4) is 0 Å². The quantitative estimate of drug-likeness (QED) is 0.0918. The van der Waals surface area contributed by atoms with Crippen molar-refractivity contribution in [2.75, 3.05) is 6.61 Å². The molecule has 0 heterocycles. The van der Waals surface area contributed by atoms with Crippen molar-refractivity contribution in [1.29, 1.82) is 0 Å². The van der Waals surface area contributed by atoms with Crippen LogP contribution < -0.4 is 0 Å². The normalized spacial score (nSPS) is 31.1. The predicted molar refractivity (Wildman–Crippen MR) is 214 cm³/mol. The minimum Gasteiger partial charge on any atom is -0.457 e. The van der Waals surface area contributed by atoms with Gasteiger partial charge in [0, 0.05) is 12.8 Å². The molecule has 0 aromatic heterocycles. The monoisotopic (exact) mass is 727 g/mol. The van der Waals surface area contributed by atoms with Crippen molar-refractivity contribution in [3.8, 4) is 0 Å². The number of allylic oxidation sites excluding steroid dienone is 5. The van der Waals surface area contributed by atoms with Crippen LogP contribution in [0.15, 0.2) is 47.1 Å². The molecule has 4 atom stereocenters. The van der Waals surface area contributed by atoms with Gasteiger partial charge in [0.15, 0.2) is 22.4 Å². The summed E-state index contributed by atoms with van der Waals surface area (Å²) in [5.41, 5.74) is 5.21. The summed E-state index contributed by atoms with van der Waals surface area (Å²) in [7, 11) is -4.58. The molecule has 0 aromatic rings. The number of fused-ring (bicyclic) bond motifs is 1. The van der Waals surface area contributed by atoms with E-state index < -0.39 is 22.4 Å². The van der Waals surface area contributed by atoms with Gasteiger partial charge in [-0.05, 0) is 123 Å². The fourth-order valence-corrected chi connectivity index (χ4v) is 11.3. The van der Waals surface area contributed by atoms with Crippen LogP contribution in [0.25, 0.3) is 0 Å². The van der Waals surface area contributed by atoms with Crippen LogP contribution in [0.2, 0.25) is 36.3 Å². The van der Waals surface area contributed by atoms with E-state index in [1.165, 1.54) is 19.3 Å². The number of ether oxygens (including phenoxy) is 2. The van der Waals surface area contributed by atoms with Crippen molar-refractivity contribution in [3.63, 3.8) is 0 Å². The van der Waals surface area contributed by atoms with Gasteiger partial charge >= 0.3 is 5.97 Å². The summed E-state index contributed by atoms with van der Waals surface area (Å²) in [6, 6.07) is 0. The molecule has 4 rings (SSSR count). The molecule has 284 valence electrons. The molecular formula is C43H74O5Si2. The lowest BCUT2D eigenvalue weighted by molar-refractivity contribution is -0.221. The van der Waals surface area contributed by atoms with E-state index in [9.17, 15) is 4.79 Å². The molecule has 4 aliphatic rings. The van der Waals surface area contributed by atoms with Crippen LogP contribution in [-0.2, 0) is 23.1 Å². The Morgan fingerprint density at radius 1 is 0.940 bits per heavy atom. The van der Waals surface area contributed by atoms with Crippen molar-refractivity contribution in [2.45, 2.75) is 200 Å². The molecule has 0 aliphatic heterocycles. The third-order valence-corrected chi connectivity index (χ3v) is 23.0. The second-order valence-electron chi connectivity index (χ2n) is 19.5. The summed E-state index contributed by atoms with van der Waals surface area (Å²) >= 11 is 0. The van der Waals surface area contributed by atoms with Gasteiger partial charge in [0.1, 0.15) is 12.2 Å². The zero-order valence-corrected chi connectivity index (χ0v) is 36.5. The molecule has 7 heteroatoms. The van der Waals surface area contributed by atoms with Crippen molar-refractivity contribution in [1.82, 2.24) is 0 Å². The van der Waals surface area contributed by atoms with Gasteiger partial charge < -0.3 is 18.3 Å². The molecular weight excluding hydrogens is 653 g/mol. The Balaban J connectivity index is 1.74. The third-order valence-electron chi connectivity index (χ3n) is 14.0. The standard InChI is InChI=1S/C43H74O5Si2/c1-15-35-24-25-36-33(21-20-26-41(35,36)10)22-23-34-29-43(48-50(13,14)40(7,8)9,30-37(32(34)3)47-49(11,12)39(4,5)6)45-31-38(44)46-42(16-2)27-18-17-19-28-42/h22-24,36-37H,3,15-21,25-31H2,1-2,4-14H3/t36-,37-,41+,43+/m0/s1. The number of hydrogen-bond donors (Lipinski definition) is 0. The lowest BCUT2D eigenvalue weighted by atomic mass is 9.64. The average molecular weight is 727 g/mol. The average Bonchev–Trinajstić information content (AvgIpc) is 3.36. The molecule has 0 amide bonds. The van der Waals surface area contributed by atoms with Crippen molar-refractivity contribution < 1.29 is 23.1 Å². The maximum Gasteiger partial charge on any atom is 0.332 e. The zero-order chi connectivity index (χ0) is 37.4. The molecule has 0 unspecified atom stereocenters. The number of carbonyl (C=O) groups excluding carboxylic acids is 1. The van der Waals surface area contributed by atoms with E-state index in [0.29, 0.717) is 18.8 Å². The maximum absolute atomic E-state index is 13.7. The van der Waals surface area contributed by atoms with Gasteiger partial charge in [-0.15, -0.1) is 0 Å². The Labute approximate surface area is 309 Å². The summed E-state index contributed by atoms with van der Waals surface area (Å²) in [4.78, 5) is 13.7. The number of carbonyl (C=O) groups is 1. The van der Waals surface area contributed by atoms with Gasteiger partial charge in [-0.25, -0.2) is 4.79 Å². The van der Waals surface area contributed by atoms with E-state index in [0.717, 1.165) is 62.5 Å². The topological polar surface area (TPSA) is 54.0 Å². The van der Waals surface area contributed by atoms with E-state index in [-0.39, 0.29) is 39.8 Å². The second kappa shape index (κ2) is 15.2. The first kappa shape index (κ1) is 41.5. The highest BCUT2D eigenvalue weighted by atomic mass is 28.4. The molecule has 0 N–H and O–H groups in total. The first-order valence-corrected chi connectivity index (χ1v) is 25.9. The van der Waals surface area contributed by atoms with Crippen molar-refractivity contribution in [2.24, 2.45) is 11.3 Å². The zero-order valence-electron chi connectivity index (χ0n) is 34.5. The highest BCUT2D eigenvalue weighted by Gasteiger charge is 2.52. The molecule has 4 aliphatic carbocycles. The van der Waals surface area contributed by atoms with Crippen LogP contribution in [0, 0.1) is 11.3 Å². The third kappa shape index (κ3) is 8.92. The fraction of sp³-hybridized carbons (Fsp3) is 0.791. The van der Waals surface area contributed by atoms with E-state index in [1.54, 1.807) is 11.1 Å². The lowest BCUT2D eigenvalue weighted by Gasteiger charge is -2.51. The summed E-state index contributed by atoms with van der Waals surface area (Å²) in [5, 5.41) is -0.0228. The molecule has 0 saturated heterocycles. The van der Waals surface area contributed by atoms with Gasteiger partial charge in [-0.2, -0.15) is 0 Å². The van der Waals surface area contributed by atoms with E-state index in [1.807, 2.05) is 0 Å². The maximum atomic E-state index is 13.7. The van der Waals surface area contributed by atoms with E-state index in [4.69, 9.17) is 24.9 Å². The highest BCUT2D eigenvalue weighted by Crippen LogP contribution is 2.56. The highest BCUT2D eigenvalue weighted by molar-refractivity contribution is 6.74. The number of esters is 1. The van der Waals surface area contributed by atoms with Gasteiger partial charge in [-0.1, -0.05) is 105 Å². The number of hydrogen-bond acceptors (Lipinski definition) is 5. The largest absolute Gasteiger partial charge is 0.457 e. The van der Waals surface area contributed by atoms with Crippen LogP contribution in [0.4, 0.5) is 0 Å².